The fourth-order valence-electron chi connectivity index (χ4n) is 13.5. The van der Waals surface area contributed by atoms with E-state index in [9.17, 15) is 0 Å². The SMILES string of the molecule is CCCCCCC1(CCCCCC)c2cc(N(C=C(c3ccc(OC)cc3)c3ccc(OC)cc3)C=C(c3ccc(OC)cc3)c3ccc(OC)cc3)ccc2-c2ccc(N(C=C(c3ccc(OC)cc3)c3ccc(OC)cc3)C=C(c3ccc(OC)cc3)c3ccc(OC)cc3)cc21. The monoisotopic (exact) mass is 1320 g/mol. The largest absolute Gasteiger partial charge is 0.497 e. The zero-order valence-electron chi connectivity index (χ0n) is 59.0. The van der Waals surface area contributed by atoms with Crippen molar-refractivity contribution in [3.05, 3.63) is 311 Å². The molecule has 0 fully saturated rings. The molecule has 0 heterocycles. The summed E-state index contributed by atoms with van der Waals surface area (Å²) in [5.41, 5.74) is 19.0. The Kier molecular flexibility index (Phi) is 23.5. The van der Waals surface area contributed by atoms with Crippen LogP contribution >= 0.6 is 0 Å². The summed E-state index contributed by atoms with van der Waals surface area (Å²) < 4.78 is 46.0. The third-order valence-electron chi connectivity index (χ3n) is 19.1. The number of rotatable bonds is 32. The molecule has 1 aliphatic rings. The van der Waals surface area contributed by atoms with E-state index in [2.05, 4.69) is 182 Å². The first-order valence-corrected chi connectivity index (χ1v) is 34.5. The number of ether oxygens (including phenoxy) is 8. The highest BCUT2D eigenvalue weighted by Crippen LogP contribution is 2.56. The van der Waals surface area contributed by atoms with E-state index in [0.29, 0.717) is 0 Å². The molecule has 506 valence electrons. The molecule has 10 heteroatoms. The molecule has 0 radical (unpaired) electrons. The van der Waals surface area contributed by atoms with Gasteiger partial charge in [-0.3, -0.25) is 0 Å². The number of fused-ring (bicyclic) bond motifs is 3. The van der Waals surface area contributed by atoms with Crippen LogP contribution in [0.4, 0.5) is 11.4 Å². The maximum Gasteiger partial charge on any atom is 0.118 e. The van der Waals surface area contributed by atoms with Gasteiger partial charge in [0.25, 0.3) is 0 Å². The average Bonchev–Trinajstić information content (AvgIpc) is 1.56. The van der Waals surface area contributed by atoms with E-state index in [1.807, 2.05) is 97.1 Å². The first-order valence-electron chi connectivity index (χ1n) is 34.5. The van der Waals surface area contributed by atoms with Crippen molar-refractivity contribution in [2.75, 3.05) is 66.7 Å². The Bertz CT molecular complexity index is 3680. The van der Waals surface area contributed by atoms with Crippen molar-refractivity contribution in [3.63, 3.8) is 0 Å². The lowest BCUT2D eigenvalue weighted by Gasteiger charge is -2.34. The minimum absolute atomic E-state index is 0.385. The van der Waals surface area contributed by atoms with Crippen LogP contribution in [0.15, 0.2) is 255 Å². The molecule has 1 aliphatic carbocycles. The summed E-state index contributed by atoms with van der Waals surface area (Å²) in [6, 6.07) is 81.2. The highest BCUT2D eigenvalue weighted by Gasteiger charge is 2.43. The summed E-state index contributed by atoms with van der Waals surface area (Å²) in [4.78, 5) is 4.69. The molecule has 11 rings (SSSR count). The van der Waals surface area contributed by atoms with Crippen LogP contribution in [0, 0.1) is 0 Å². The second kappa shape index (κ2) is 33.4. The van der Waals surface area contributed by atoms with Crippen LogP contribution in [-0.4, -0.2) is 56.9 Å². The van der Waals surface area contributed by atoms with Crippen LogP contribution in [0.25, 0.3) is 33.4 Å². The van der Waals surface area contributed by atoms with Gasteiger partial charge in [0.1, 0.15) is 46.0 Å². The summed E-state index contributed by atoms with van der Waals surface area (Å²) >= 11 is 0. The number of hydrogen-bond acceptors (Lipinski definition) is 10. The van der Waals surface area contributed by atoms with Gasteiger partial charge in [-0.15, -0.1) is 0 Å². The lowest BCUT2D eigenvalue weighted by Crippen LogP contribution is -2.26. The lowest BCUT2D eigenvalue weighted by molar-refractivity contribution is 0.401. The van der Waals surface area contributed by atoms with E-state index < -0.39 is 0 Å². The molecule has 0 aromatic heterocycles. The first kappa shape index (κ1) is 69.5. The van der Waals surface area contributed by atoms with Crippen LogP contribution in [0.3, 0.4) is 0 Å². The van der Waals surface area contributed by atoms with Crippen LogP contribution in [-0.2, 0) is 5.41 Å². The molecule has 0 aliphatic heterocycles. The van der Waals surface area contributed by atoms with Gasteiger partial charge in [-0.1, -0.05) is 174 Å². The lowest BCUT2D eigenvalue weighted by atomic mass is 9.70. The smallest absolute Gasteiger partial charge is 0.118 e. The van der Waals surface area contributed by atoms with Crippen molar-refractivity contribution in [1.29, 1.82) is 0 Å². The molecular formula is C89H92N2O8. The Labute approximate surface area is 586 Å². The standard InChI is InChI=1S/C89H92N2O8/c1-11-13-15-17-55-89(56-18-16-14-12-2)87-57-71(90(59-83(63-19-37-73(92-3)38-20-63)64-21-39-74(93-4)40-22-64)60-84(65-23-41-75(94-5)42-24-65)66-25-43-76(95-6)44-26-66)35-53-81(87)82-54-36-72(58-88(82)89)91(61-85(67-27-45-77(96-7)46-28-67)68-29-47-78(97-8)48-30-68)62-86(69-31-49-79(98-9)50-32-69)70-33-51-80(99-10)52-34-70/h19-54,57-62H,11-18,55-56H2,1-10H3. The minimum Gasteiger partial charge on any atom is -0.497 e. The van der Waals surface area contributed by atoms with E-state index in [1.165, 1.54) is 22.3 Å². The number of unbranched alkanes of at least 4 members (excludes halogenated alkanes) is 6. The van der Waals surface area contributed by atoms with Gasteiger partial charge in [0.15, 0.2) is 0 Å². The molecule has 10 nitrogen and oxygen atoms in total. The molecule has 10 aromatic rings. The van der Waals surface area contributed by atoms with E-state index in [0.717, 1.165) is 188 Å². The van der Waals surface area contributed by atoms with E-state index >= 15 is 0 Å². The van der Waals surface area contributed by atoms with Gasteiger partial charge in [0.05, 0.1) is 56.9 Å². The Morgan fingerprint density at radius 1 is 0.263 bits per heavy atom. The minimum atomic E-state index is -0.385. The van der Waals surface area contributed by atoms with Crippen LogP contribution in [0.1, 0.15) is 134 Å². The van der Waals surface area contributed by atoms with Crippen molar-refractivity contribution in [2.24, 2.45) is 0 Å². The maximum absolute atomic E-state index is 5.75. The van der Waals surface area contributed by atoms with Crippen molar-refractivity contribution < 1.29 is 37.9 Å². The summed E-state index contributed by atoms with van der Waals surface area (Å²) in [5.74, 6) is 6.23. The molecule has 0 bridgehead atoms. The molecule has 0 saturated carbocycles. The predicted molar refractivity (Wildman–Crippen MR) is 407 cm³/mol. The fourth-order valence-corrected chi connectivity index (χ4v) is 13.5. The molecule has 0 unspecified atom stereocenters. The number of methoxy groups -OCH3 is 8. The van der Waals surface area contributed by atoms with Gasteiger partial charge >= 0.3 is 0 Å². The first-order chi connectivity index (χ1) is 48.6. The number of nitrogens with zero attached hydrogens (tertiary/aromatic N) is 2. The molecule has 0 atom stereocenters. The normalized spacial score (nSPS) is 11.6. The molecular weight excluding hydrogens is 1220 g/mol. The van der Waals surface area contributed by atoms with Gasteiger partial charge in [-0.2, -0.15) is 0 Å². The molecule has 0 amide bonds. The zero-order chi connectivity index (χ0) is 69.1. The third kappa shape index (κ3) is 16.3. The van der Waals surface area contributed by atoms with Gasteiger partial charge < -0.3 is 47.7 Å². The van der Waals surface area contributed by atoms with Crippen molar-refractivity contribution in [2.45, 2.75) is 83.5 Å². The summed E-state index contributed by atoms with van der Waals surface area (Å²) in [7, 11) is 13.7. The van der Waals surface area contributed by atoms with Crippen molar-refractivity contribution in [1.82, 2.24) is 0 Å². The summed E-state index contributed by atoms with van der Waals surface area (Å²) in [5, 5.41) is 0. The number of benzene rings is 10. The van der Waals surface area contributed by atoms with Crippen LogP contribution < -0.4 is 47.7 Å². The van der Waals surface area contributed by atoms with E-state index in [-0.39, 0.29) is 5.41 Å². The number of hydrogen-bond donors (Lipinski definition) is 0. The zero-order valence-corrected chi connectivity index (χ0v) is 59.0. The summed E-state index contributed by atoms with van der Waals surface area (Å²) in [6.07, 6.45) is 20.1. The second-order valence-electron chi connectivity index (χ2n) is 25.0. The molecule has 10 aromatic carbocycles. The van der Waals surface area contributed by atoms with Crippen LogP contribution in [0.2, 0.25) is 0 Å². The Hall–Kier alpha value is -10.8. The van der Waals surface area contributed by atoms with Crippen molar-refractivity contribution >= 4 is 33.7 Å². The predicted octanol–water partition coefficient (Wildman–Crippen LogP) is 21.9. The quantitative estimate of drug-likeness (QED) is 0.0380. The molecule has 99 heavy (non-hydrogen) atoms. The Morgan fingerprint density at radius 2 is 0.465 bits per heavy atom. The third-order valence-corrected chi connectivity index (χ3v) is 19.1. The average molecular weight is 1320 g/mol. The number of anilines is 2. The van der Waals surface area contributed by atoms with Crippen LogP contribution in [0.5, 0.6) is 46.0 Å². The summed E-state index contributed by atoms with van der Waals surface area (Å²) in [6.45, 7) is 4.61. The van der Waals surface area contributed by atoms with Crippen molar-refractivity contribution in [3.8, 4) is 57.1 Å². The van der Waals surface area contributed by atoms with Gasteiger partial charge in [0.2, 0.25) is 0 Å². The van der Waals surface area contributed by atoms with Gasteiger partial charge in [-0.05, 0) is 201 Å². The molecule has 0 spiro atoms. The Morgan fingerprint density at radius 3 is 0.646 bits per heavy atom. The molecule has 0 N–H and O–H groups in total. The van der Waals surface area contributed by atoms with Gasteiger partial charge in [0, 0.05) is 63.9 Å². The van der Waals surface area contributed by atoms with E-state index in [4.69, 9.17) is 37.9 Å². The molecule has 0 saturated heterocycles. The fraction of sp³-hybridized carbons (Fsp3) is 0.236. The van der Waals surface area contributed by atoms with Gasteiger partial charge in [-0.25, -0.2) is 0 Å². The second-order valence-corrected chi connectivity index (χ2v) is 25.0. The highest BCUT2D eigenvalue weighted by atomic mass is 16.5. The Balaban J connectivity index is 1.19. The van der Waals surface area contributed by atoms with E-state index in [1.54, 1.807) is 56.9 Å². The maximum atomic E-state index is 5.75. The highest BCUT2D eigenvalue weighted by molar-refractivity contribution is 5.91. The topological polar surface area (TPSA) is 80.3 Å².